The number of hydrogen-bond donors (Lipinski definition) is 3. The number of aromatic nitrogens is 3. The molecule has 2 aliphatic rings. The lowest BCUT2D eigenvalue weighted by Crippen LogP contribution is -2.33. The summed E-state index contributed by atoms with van der Waals surface area (Å²) in [6.45, 7) is 5.82. The third-order valence-corrected chi connectivity index (χ3v) is 6.68. The predicted octanol–water partition coefficient (Wildman–Crippen LogP) is 2.98. The van der Waals surface area contributed by atoms with E-state index in [4.69, 9.17) is 26.1 Å². The van der Waals surface area contributed by atoms with Gasteiger partial charge in [0.2, 0.25) is 5.91 Å². The van der Waals surface area contributed by atoms with Crippen LogP contribution in [0.25, 0.3) is 11.3 Å². The van der Waals surface area contributed by atoms with Crippen molar-refractivity contribution in [1.82, 2.24) is 20.3 Å². The molecular formula is C23H31ClN6O3. The number of amides is 1. The first kappa shape index (κ1) is 23.8. The van der Waals surface area contributed by atoms with Crippen molar-refractivity contribution in [1.29, 1.82) is 0 Å². The van der Waals surface area contributed by atoms with Crippen LogP contribution in [-0.2, 0) is 14.3 Å². The molecule has 0 aromatic carbocycles. The van der Waals surface area contributed by atoms with E-state index in [-0.39, 0.29) is 23.3 Å². The number of ether oxygens (including phenoxy) is 2. The fraction of sp³-hybridized carbons (Fsp3) is 0.565. The molecule has 0 saturated carbocycles. The molecule has 2 aromatic rings. The van der Waals surface area contributed by atoms with Crippen LogP contribution in [-0.4, -0.2) is 66.9 Å². The van der Waals surface area contributed by atoms with Gasteiger partial charge in [0, 0.05) is 51.2 Å². The van der Waals surface area contributed by atoms with Gasteiger partial charge < -0.3 is 25.4 Å². The van der Waals surface area contributed by atoms with Gasteiger partial charge in [0.1, 0.15) is 11.6 Å². The van der Waals surface area contributed by atoms with Crippen molar-refractivity contribution in [3.05, 3.63) is 29.7 Å². The first-order valence-corrected chi connectivity index (χ1v) is 11.7. The minimum atomic E-state index is -0.134. The summed E-state index contributed by atoms with van der Waals surface area (Å²) in [7, 11) is 1.66. The standard InChI is InChI=1S/C23H31ClN6O3/c1-23(3-5-33-6-4-23)14-28-21-12-25-11-19(29-21)17-8-20(27-10-18(17)24)30-22(31)15-7-16(13-32-2)26-9-15/h8,10-12,15-16,26H,3-7,9,13-14H2,1-2H3,(H,28,29)(H,27,30,31)/t15-,16-/m1/s1. The van der Waals surface area contributed by atoms with Crippen LogP contribution in [0.15, 0.2) is 24.7 Å². The van der Waals surface area contributed by atoms with E-state index in [9.17, 15) is 4.79 Å². The van der Waals surface area contributed by atoms with Gasteiger partial charge in [-0.15, -0.1) is 0 Å². The Kier molecular flexibility index (Phi) is 7.75. The number of hydrogen-bond acceptors (Lipinski definition) is 8. The summed E-state index contributed by atoms with van der Waals surface area (Å²) < 4.78 is 10.7. The zero-order valence-electron chi connectivity index (χ0n) is 19.1. The number of rotatable bonds is 8. The summed E-state index contributed by atoms with van der Waals surface area (Å²) in [5.41, 5.74) is 1.44. The van der Waals surface area contributed by atoms with Gasteiger partial charge in [-0.25, -0.2) is 9.97 Å². The Bertz CT molecular complexity index is 969. The molecular weight excluding hydrogens is 444 g/mol. The van der Waals surface area contributed by atoms with Gasteiger partial charge in [0.25, 0.3) is 0 Å². The highest BCUT2D eigenvalue weighted by atomic mass is 35.5. The maximum absolute atomic E-state index is 12.7. The van der Waals surface area contributed by atoms with E-state index >= 15 is 0 Å². The lowest BCUT2D eigenvalue weighted by Gasteiger charge is -2.33. The number of anilines is 2. The molecule has 0 bridgehead atoms. The van der Waals surface area contributed by atoms with Crippen molar-refractivity contribution in [3.8, 4) is 11.3 Å². The molecule has 0 aliphatic carbocycles. The normalized spacial score (nSPS) is 22.2. The summed E-state index contributed by atoms with van der Waals surface area (Å²) in [5, 5.41) is 10.1. The number of pyridine rings is 1. The minimum Gasteiger partial charge on any atom is -0.383 e. The summed E-state index contributed by atoms with van der Waals surface area (Å²) in [6.07, 6.45) is 7.63. The quantitative estimate of drug-likeness (QED) is 0.535. The van der Waals surface area contributed by atoms with E-state index in [1.165, 1.54) is 6.20 Å². The maximum Gasteiger partial charge on any atom is 0.229 e. The number of nitrogens with one attached hydrogen (secondary N) is 3. The average molecular weight is 475 g/mol. The molecule has 0 unspecified atom stereocenters. The molecule has 2 saturated heterocycles. The van der Waals surface area contributed by atoms with Gasteiger partial charge in [0.05, 0.1) is 35.6 Å². The molecule has 33 heavy (non-hydrogen) atoms. The topological polar surface area (TPSA) is 110 Å². The number of nitrogens with zero attached hydrogens (tertiary/aromatic N) is 3. The number of methoxy groups -OCH3 is 1. The van der Waals surface area contributed by atoms with Crippen molar-refractivity contribution in [3.63, 3.8) is 0 Å². The largest absolute Gasteiger partial charge is 0.383 e. The van der Waals surface area contributed by atoms with E-state index < -0.39 is 0 Å². The number of carbonyl (C=O) groups is 1. The van der Waals surface area contributed by atoms with Gasteiger partial charge in [-0.1, -0.05) is 18.5 Å². The molecule has 4 heterocycles. The molecule has 1 amide bonds. The molecule has 3 N–H and O–H groups in total. The summed E-state index contributed by atoms with van der Waals surface area (Å²) in [5.74, 6) is 0.905. The predicted molar refractivity (Wildman–Crippen MR) is 127 cm³/mol. The van der Waals surface area contributed by atoms with Crippen molar-refractivity contribution >= 4 is 29.1 Å². The molecule has 9 nitrogen and oxygen atoms in total. The number of halogens is 1. The van der Waals surface area contributed by atoms with Crippen LogP contribution in [0.3, 0.4) is 0 Å². The Balaban J connectivity index is 1.43. The highest BCUT2D eigenvalue weighted by Crippen LogP contribution is 2.31. The van der Waals surface area contributed by atoms with Crippen molar-refractivity contribution in [2.45, 2.75) is 32.2 Å². The van der Waals surface area contributed by atoms with E-state index in [1.54, 1.807) is 25.6 Å². The molecule has 2 fully saturated rings. The maximum atomic E-state index is 12.7. The van der Waals surface area contributed by atoms with Crippen LogP contribution in [0.4, 0.5) is 11.6 Å². The third kappa shape index (κ3) is 6.17. The summed E-state index contributed by atoms with van der Waals surface area (Å²) in [4.78, 5) is 26.0. The molecule has 178 valence electrons. The SMILES string of the molecule is COC[C@H]1C[C@@H](C(=O)Nc2cc(-c3cncc(NCC4(C)CCOCC4)n3)c(Cl)cn2)CN1. The lowest BCUT2D eigenvalue weighted by molar-refractivity contribution is -0.119. The highest BCUT2D eigenvalue weighted by Gasteiger charge is 2.30. The van der Waals surface area contributed by atoms with E-state index in [1.807, 2.05) is 0 Å². The molecule has 0 spiro atoms. The Hall–Kier alpha value is -2.33. The van der Waals surface area contributed by atoms with Crippen LogP contribution in [0.2, 0.25) is 5.02 Å². The lowest BCUT2D eigenvalue weighted by atomic mass is 9.82. The van der Waals surface area contributed by atoms with Gasteiger partial charge in [-0.2, -0.15) is 0 Å². The van der Waals surface area contributed by atoms with Crippen LogP contribution in [0.1, 0.15) is 26.2 Å². The van der Waals surface area contributed by atoms with Crippen molar-refractivity contribution < 1.29 is 14.3 Å². The first-order valence-electron chi connectivity index (χ1n) is 11.3. The molecule has 2 aliphatic heterocycles. The van der Waals surface area contributed by atoms with Crippen LogP contribution < -0.4 is 16.0 Å². The number of carbonyl (C=O) groups excluding carboxylic acids is 1. The Morgan fingerprint density at radius 2 is 2.12 bits per heavy atom. The Morgan fingerprint density at radius 3 is 2.91 bits per heavy atom. The van der Waals surface area contributed by atoms with Gasteiger partial charge >= 0.3 is 0 Å². The summed E-state index contributed by atoms with van der Waals surface area (Å²) >= 11 is 6.42. The van der Waals surface area contributed by atoms with Gasteiger partial charge in [0.15, 0.2) is 0 Å². The Labute approximate surface area is 199 Å². The van der Waals surface area contributed by atoms with Gasteiger partial charge in [-0.05, 0) is 30.7 Å². The fourth-order valence-corrected chi connectivity index (χ4v) is 4.40. The minimum absolute atomic E-state index is 0.0758. The highest BCUT2D eigenvalue weighted by molar-refractivity contribution is 6.33. The van der Waals surface area contributed by atoms with Crippen molar-refractivity contribution in [2.24, 2.45) is 11.3 Å². The van der Waals surface area contributed by atoms with E-state index in [0.717, 1.165) is 39.0 Å². The van der Waals surface area contributed by atoms with E-state index in [2.05, 4.69) is 32.8 Å². The summed E-state index contributed by atoms with van der Waals surface area (Å²) in [6, 6.07) is 1.93. The van der Waals surface area contributed by atoms with E-state index in [0.29, 0.717) is 41.1 Å². The molecule has 4 rings (SSSR count). The fourth-order valence-electron chi connectivity index (χ4n) is 4.20. The second-order valence-electron chi connectivity index (χ2n) is 9.10. The Morgan fingerprint density at radius 1 is 1.30 bits per heavy atom. The smallest absolute Gasteiger partial charge is 0.229 e. The molecule has 10 heteroatoms. The molecule has 0 radical (unpaired) electrons. The second-order valence-corrected chi connectivity index (χ2v) is 9.51. The second kappa shape index (κ2) is 10.7. The van der Waals surface area contributed by atoms with Gasteiger partial charge in [-0.3, -0.25) is 9.78 Å². The monoisotopic (exact) mass is 474 g/mol. The molecule has 2 aromatic heterocycles. The van der Waals surface area contributed by atoms with Crippen LogP contribution in [0, 0.1) is 11.3 Å². The third-order valence-electron chi connectivity index (χ3n) is 6.37. The van der Waals surface area contributed by atoms with Crippen LogP contribution >= 0.6 is 11.6 Å². The van der Waals surface area contributed by atoms with Crippen LogP contribution in [0.5, 0.6) is 0 Å². The zero-order chi connectivity index (χ0) is 23.3. The van der Waals surface area contributed by atoms with Crippen molar-refractivity contribution in [2.75, 3.05) is 50.7 Å². The zero-order valence-corrected chi connectivity index (χ0v) is 19.8. The first-order chi connectivity index (χ1) is 16.0. The average Bonchev–Trinajstić information content (AvgIpc) is 3.29. The molecule has 2 atom stereocenters.